The number of thioether (sulfide) groups is 1. The molecule has 88 valence electrons. The van der Waals surface area contributed by atoms with Gasteiger partial charge in [-0.3, -0.25) is 0 Å². The van der Waals surface area contributed by atoms with Crippen molar-refractivity contribution in [2.75, 3.05) is 13.7 Å². The van der Waals surface area contributed by atoms with E-state index < -0.39 is 0 Å². The molecule has 0 bridgehead atoms. The van der Waals surface area contributed by atoms with Crippen molar-refractivity contribution >= 4 is 11.8 Å². The molecule has 16 heavy (non-hydrogen) atoms. The SMILES string of the molecule is CCNC1CC(C)Sc2c(OC)cccc21. The lowest BCUT2D eigenvalue weighted by Crippen LogP contribution is -2.27. The Hall–Kier alpha value is -0.670. The van der Waals surface area contributed by atoms with Crippen molar-refractivity contribution in [1.29, 1.82) is 0 Å². The van der Waals surface area contributed by atoms with Gasteiger partial charge in [0.05, 0.1) is 12.0 Å². The minimum atomic E-state index is 0.478. The lowest BCUT2D eigenvalue weighted by atomic mass is 10.0. The smallest absolute Gasteiger partial charge is 0.132 e. The van der Waals surface area contributed by atoms with Gasteiger partial charge in [0.15, 0.2) is 0 Å². The fraction of sp³-hybridized carbons (Fsp3) is 0.538. The maximum absolute atomic E-state index is 5.44. The summed E-state index contributed by atoms with van der Waals surface area (Å²) in [5, 5.41) is 4.20. The minimum Gasteiger partial charge on any atom is -0.496 e. The zero-order valence-corrected chi connectivity index (χ0v) is 10.9. The summed E-state index contributed by atoms with van der Waals surface area (Å²) in [4.78, 5) is 1.31. The van der Waals surface area contributed by atoms with Gasteiger partial charge in [-0.1, -0.05) is 26.0 Å². The molecule has 1 aliphatic rings. The zero-order valence-electron chi connectivity index (χ0n) is 10.1. The Balaban J connectivity index is 2.38. The Morgan fingerprint density at radius 3 is 3.00 bits per heavy atom. The van der Waals surface area contributed by atoms with E-state index in [0.29, 0.717) is 11.3 Å². The van der Waals surface area contributed by atoms with Crippen LogP contribution < -0.4 is 10.1 Å². The average Bonchev–Trinajstić information content (AvgIpc) is 2.28. The largest absolute Gasteiger partial charge is 0.496 e. The lowest BCUT2D eigenvalue weighted by molar-refractivity contribution is 0.398. The molecule has 0 aliphatic carbocycles. The van der Waals surface area contributed by atoms with Crippen LogP contribution in [0.15, 0.2) is 23.1 Å². The third-order valence-electron chi connectivity index (χ3n) is 2.94. The van der Waals surface area contributed by atoms with Gasteiger partial charge in [-0.25, -0.2) is 0 Å². The lowest BCUT2D eigenvalue weighted by Gasteiger charge is -2.30. The molecule has 1 aromatic rings. The number of ether oxygens (including phenoxy) is 1. The van der Waals surface area contributed by atoms with E-state index in [4.69, 9.17) is 4.74 Å². The van der Waals surface area contributed by atoms with E-state index in [0.717, 1.165) is 12.3 Å². The van der Waals surface area contributed by atoms with Crippen molar-refractivity contribution < 1.29 is 4.74 Å². The number of hydrogen-bond acceptors (Lipinski definition) is 3. The van der Waals surface area contributed by atoms with Gasteiger partial charge in [0.1, 0.15) is 5.75 Å². The summed E-state index contributed by atoms with van der Waals surface area (Å²) in [6.07, 6.45) is 1.19. The zero-order chi connectivity index (χ0) is 11.5. The molecule has 0 amide bonds. The predicted molar refractivity (Wildman–Crippen MR) is 69.3 cm³/mol. The monoisotopic (exact) mass is 237 g/mol. The van der Waals surface area contributed by atoms with Crippen molar-refractivity contribution in [3.8, 4) is 5.75 Å². The molecule has 1 aliphatic heterocycles. The van der Waals surface area contributed by atoms with E-state index in [1.54, 1.807) is 7.11 Å². The minimum absolute atomic E-state index is 0.478. The number of methoxy groups -OCH3 is 1. The van der Waals surface area contributed by atoms with E-state index in [1.165, 1.54) is 16.9 Å². The van der Waals surface area contributed by atoms with Crippen LogP contribution in [0.4, 0.5) is 0 Å². The van der Waals surface area contributed by atoms with E-state index in [9.17, 15) is 0 Å². The first-order valence-corrected chi connectivity index (χ1v) is 6.71. The van der Waals surface area contributed by atoms with Gasteiger partial charge < -0.3 is 10.1 Å². The van der Waals surface area contributed by atoms with Crippen LogP contribution in [0.25, 0.3) is 0 Å². The van der Waals surface area contributed by atoms with E-state index in [-0.39, 0.29) is 0 Å². The third-order valence-corrected chi connectivity index (χ3v) is 4.21. The second-order valence-electron chi connectivity index (χ2n) is 4.15. The van der Waals surface area contributed by atoms with Crippen molar-refractivity contribution in [3.05, 3.63) is 23.8 Å². The first kappa shape index (κ1) is 11.8. The van der Waals surface area contributed by atoms with E-state index in [2.05, 4.69) is 31.3 Å². The topological polar surface area (TPSA) is 21.3 Å². The van der Waals surface area contributed by atoms with Gasteiger partial charge in [0, 0.05) is 11.3 Å². The standard InChI is InChI=1S/C13H19NOS/c1-4-14-11-8-9(2)16-13-10(11)6-5-7-12(13)15-3/h5-7,9,11,14H,4,8H2,1-3H3. The normalized spacial score (nSPS) is 23.9. The highest BCUT2D eigenvalue weighted by atomic mass is 32.2. The summed E-state index contributed by atoms with van der Waals surface area (Å²) in [7, 11) is 1.75. The summed E-state index contributed by atoms with van der Waals surface area (Å²) in [6, 6.07) is 6.82. The Morgan fingerprint density at radius 1 is 1.50 bits per heavy atom. The molecule has 1 aromatic carbocycles. The Bertz CT molecular complexity index is 367. The van der Waals surface area contributed by atoms with E-state index >= 15 is 0 Å². The maximum atomic E-state index is 5.44. The van der Waals surface area contributed by atoms with Crippen molar-refractivity contribution in [2.45, 2.75) is 36.5 Å². The fourth-order valence-corrected chi connectivity index (χ4v) is 3.55. The summed E-state index contributed by atoms with van der Waals surface area (Å²) in [5.74, 6) is 1.01. The summed E-state index contributed by atoms with van der Waals surface area (Å²) in [5.41, 5.74) is 1.39. The maximum Gasteiger partial charge on any atom is 0.132 e. The molecule has 3 heteroatoms. The van der Waals surface area contributed by atoms with Gasteiger partial charge in [0.2, 0.25) is 0 Å². The van der Waals surface area contributed by atoms with Crippen LogP contribution in [0.5, 0.6) is 5.75 Å². The number of hydrogen-bond donors (Lipinski definition) is 1. The highest BCUT2D eigenvalue weighted by Gasteiger charge is 2.26. The molecule has 2 unspecified atom stereocenters. The molecule has 1 heterocycles. The Morgan fingerprint density at radius 2 is 2.31 bits per heavy atom. The second-order valence-corrected chi connectivity index (χ2v) is 5.60. The predicted octanol–water partition coefficient (Wildman–Crippen LogP) is 3.23. The van der Waals surface area contributed by atoms with Crippen LogP contribution in [-0.4, -0.2) is 18.9 Å². The van der Waals surface area contributed by atoms with Crippen LogP contribution in [0.3, 0.4) is 0 Å². The number of nitrogens with one attached hydrogen (secondary N) is 1. The van der Waals surface area contributed by atoms with Gasteiger partial charge in [-0.05, 0) is 24.6 Å². The molecule has 1 N–H and O–H groups in total. The van der Waals surface area contributed by atoms with Crippen LogP contribution >= 0.6 is 11.8 Å². The molecular weight excluding hydrogens is 218 g/mol. The Kier molecular flexibility index (Phi) is 3.77. The van der Waals surface area contributed by atoms with Gasteiger partial charge in [-0.2, -0.15) is 0 Å². The molecule has 0 radical (unpaired) electrons. The van der Waals surface area contributed by atoms with Crippen molar-refractivity contribution in [3.63, 3.8) is 0 Å². The average molecular weight is 237 g/mol. The summed E-state index contributed by atoms with van der Waals surface area (Å²) < 4.78 is 5.44. The molecular formula is C13H19NOS. The quantitative estimate of drug-likeness (QED) is 0.872. The molecule has 2 rings (SSSR count). The van der Waals surface area contributed by atoms with Gasteiger partial charge >= 0.3 is 0 Å². The van der Waals surface area contributed by atoms with Crippen LogP contribution in [0.1, 0.15) is 31.9 Å². The van der Waals surface area contributed by atoms with Gasteiger partial charge in [0.25, 0.3) is 0 Å². The van der Waals surface area contributed by atoms with Crippen molar-refractivity contribution in [1.82, 2.24) is 5.32 Å². The van der Waals surface area contributed by atoms with Gasteiger partial charge in [-0.15, -0.1) is 11.8 Å². The van der Waals surface area contributed by atoms with Crippen LogP contribution in [0.2, 0.25) is 0 Å². The number of benzene rings is 1. The third kappa shape index (κ3) is 2.20. The molecule has 0 saturated carbocycles. The highest BCUT2D eigenvalue weighted by Crippen LogP contribution is 2.45. The first-order chi connectivity index (χ1) is 7.76. The second kappa shape index (κ2) is 5.11. The first-order valence-electron chi connectivity index (χ1n) is 5.83. The summed E-state index contributed by atoms with van der Waals surface area (Å²) >= 11 is 1.93. The molecule has 0 aromatic heterocycles. The summed E-state index contributed by atoms with van der Waals surface area (Å²) in [6.45, 7) is 5.45. The Labute approximate surface area is 102 Å². The number of fused-ring (bicyclic) bond motifs is 1. The highest BCUT2D eigenvalue weighted by molar-refractivity contribution is 8.00. The molecule has 0 fully saturated rings. The molecule has 2 nitrogen and oxygen atoms in total. The fourth-order valence-electron chi connectivity index (χ4n) is 2.24. The van der Waals surface area contributed by atoms with Crippen LogP contribution in [0, 0.1) is 0 Å². The van der Waals surface area contributed by atoms with E-state index in [1.807, 2.05) is 17.8 Å². The molecule has 0 spiro atoms. The molecule has 0 saturated heterocycles. The van der Waals surface area contributed by atoms with Crippen molar-refractivity contribution in [2.24, 2.45) is 0 Å². The number of rotatable bonds is 3. The molecule has 2 atom stereocenters. The van der Waals surface area contributed by atoms with Crippen LogP contribution in [-0.2, 0) is 0 Å².